The number of benzene rings is 2. The largest absolute Gasteiger partial charge is 0.490 e. The number of carbonyl (C=O) groups excluding carboxylic acids is 2. The van der Waals surface area contributed by atoms with Crippen LogP contribution >= 0.6 is 22.9 Å². The van der Waals surface area contributed by atoms with Gasteiger partial charge in [0.05, 0.1) is 35.1 Å². The van der Waals surface area contributed by atoms with E-state index >= 15 is 0 Å². The van der Waals surface area contributed by atoms with Crippen molar-refractivity contribution in [1.29, 1.82) is 0 Å². The van der Waals surface area contributed by atoms with Crippen molar-refractivity contribution >= 4 is 41.0 Å². The molecule has 2 heterocycles. The third kappa shape index (κ3) is 5.52. The van der Waals surface area contributed by atoms with E-state index in [0.29, 0.717) is 54.9 Å². The fourth-order valence-electron chi connectivity index (χ4n) is 4.03. The van der Waals surface area contributed by atoms with Crippen LogP contribution in [-0.2, 0) is 14.3 Å². The van der Waals surface area contributed by atoms with E-state index < -0.39 is 18.0 Å². The maximum Gasteiger partial charge on any atom is 0.338 e. The number of thiazole rings is 1. The molecule has 4 rings (SSSR count). The molecule has 0 unspecified atom stereocenters. The SMILES string of the molecule is CCOC(=O)C1=C(C)N=c2s/c(=C/c3ccc(OC(C)=O)c(OCC)c3)c(=O)n2[C@H]1c1ccc(Cl)cc1. The van der Waals surface area contributed by atoms with Crippen molar-refractivity contribution in [2.75, 3.05) is 13.2 Å². The van der Waals surface area contributed by atoms with E-state index in [9.17, 15) is 14.4 Å². The first kappa shape index (κ1) is 26.4. The van der Waals surface area contributed by atoms with Crippen LogP contribution in [-0.4, -0.2) is 29.7 Å². The van der Waals surface area contributed by atoms with E-state index in [0.717, 1.165) is 0 Å². The monoisotopic (exact) mass is 540 g/mol. The maximum atomic E-state index is 13.7. The number of aromatic nitrogens is 1. The minimum absolute atomic E-state index is 0.193. The molecule has 8 nitrogen and oxygen atoms in total. The fraction of sp³-hybridized carbons (Fsp3) is 0.259. The summed E-state index contributed by atoms with van der Waals surface area (Å²) in [6, 6.07) is 11.3. The molecular formula is C27H25ClN2O6S. The standard InChI is InChI=1S/C27H25ClN2O6S/c1-5-34-21-13-17(7-12-20(21)36-16(4)31)14-22-25(32)30-24(18-8-10-19(28)11-9-18)23(26(33)35-6-2)15(3)29-27(30)37-22/h7-14,24H,5-6H2,1-4H3/b22-14+/t24-/m0/s1. The van der Waals surface area contributed by atoms with Gasteiger partial charge in [-0.2, -0.15) is 0 Å². The molecule has 37 heavy (non-hydrogen) atoms. The molecule has 0 saturated carbocycles. The third-order valence-electron chi connectivity index (χ3n) is 5.52. The lowest BCUT2D eigenvalue weighted by molar-refractivity contribution is -0.139. The molecule has 0 N–H and O–H groups in total. The minimum Gasteiger partial charge on any atom is -0.490 e. The normalized spacial score (nSPS) is 15.2. The molecule has 0 spiro atoms. The van der Waals surface area contributed by atoms with Crippen LogP contribution in [0, 0.1) is 0 Å². The summed E-state index contributed by atoms with van der Waals surface area (Å²) in [5.41, 5.74) is 1.86. The zero-order valence-electron chi connectivity index (χ0n) is 20.7. The third-order valence-corrected chi connectivity index (χ3v) is 6.76. The molecule has 2 aromatic carbocycles. The Morgan fingerprint density at radius 2 is 1.84 bits per heavy atom. The van der Waals surface area contributed by atoms with Crippen molar-refractivity contribution in [1.82, 2.24) is 4.57 Å². The van der Waals surface area contributed by atoms with E-state index in [1.807, 2.05) is 6.92 Å². The summed E-state index contributed by atoms with van der Waals surface area (Å²) in [5.74, 6) is -0.304. The number of nitrogens with zero attached hydrogens (tertiary/aromatic N) is 2. The quantitative estimate of drug-likeness (QED) is 0.334. The molecule has 10 heteroatoms. The smallest absolute Gasteiger partial charge is 0.338 e. The van der Waals surface area contributed by atoms with Gasteiger partial charge in [0.25, 0.3) is 5.56 Å². The zero-order valence-corrected chi connectivity index (χ0v) is 22.3. The highest BCUT2D eigenvalue weighted by molar-refractivity contribution is 7.07. The molecule has 1 aromatic heterocycles. The van der Waals surface area contributed by atoms with Crippen LogP contribution in [0.4, 0.5) is 0 Å². The Morgan fingerprint density at radius 1 is 1.11 bits per heavy atom. The lowest BCUT2D eigenvalue weighted by Crippen LogP contribution is -2.39. The maximum absolute atomic E-state index is 13.7. The fourth-order valence-corrected chi connectivity index (χ4v) is 5.20. The average molecular weight is 541 g/mol. The molecule has 1 aliphatic rings. The number of ether oxygens (including phenoxy) is 3. The van der Waals surface area contributed by atoms with Crippen molar-refractivity contribution in [3.63, 3.8) is 0 Å². The van der Waals surface area contributed by atoms with E-state index in [1.54, 1.807) is 62.4 Å². The molecule has 0 amide bonds. The Labute approximate surface area is 222 Å². The summed E-state index contributed by atoms with van der Waals surface area (Å²) in [5, 5.41) is 0.539. The lowest BCUT2D eigenvalue weighted by Gasteiger charge is -2.24. The number of carbonyl (C=O) groups is 2. The topological polar surface area (TPSA) is 96.2 Å². The summed E-state index contributed by atoms with van der Waals surface area (Å²) in [7, 11) is 0. The molecule has 0 saturated heterocycles. The number of esters is 2. The predicted molar refractivity (Wildman–Crippen MR) is 141 cm³/mol. The van der Waals surface area contributed by atoms with Crippen LogP contribution in [0.2, 0.25) is 5.02 Å². The van der Waals surface area contributed by atoms with Crippen LogP contribution in [0.5, 0.6) is 11.5 Å². The highest BCUT2D eigenvalue weighted by Crippen LogP contribution is 2.32. The van der Waals surface area contributed by atoms with Crippen molar-refractivity contribution in [3.05, 3.63) is 89.6 Å². The number of hydrogen-bond donors (Lipinski definition) is 0. The Kier molecular flexibility index (Phi) is 7.94. The molecule has 0 bridgehead atoms. The first-order valence-corrected chi connectivity index (χ1v) is 12.8. The van der Waals surface area contributed by atoms with Gasteiger partial charge in [-0.3, -0.25) is 14.2 Å². The Bertz CT molecular complexity index is 1570. The van der Waals surface area contributed by atoms with Gasteiger partial charge in [-0.05, 0) is 62.2 Å². The van der Waals surface area contributed by atoms with Gasteiger partial charge < -0.3 is 14.2 Å². The Hall–Kier alpha value is -3.69. The van der Waals surface area contributed by atoms with Gasteiger partial charge in [0.15, 0.2) is 16.3 Å². The summed E-state index contributed by atoms with van der Waals surface area (Å²) in [6.45, 7) is 7.16. The number of fused-ring (bicyclic) bond motifs is 1. The van der Waals surface area contributed by atoms with Gasteiger partial charge in [-0.15, -0.1) is 0 Å². The van der Waals surface area contributed by atoms with E-state index in [-0.39, 0.29) is 12.2 Å². The second-order valence-electron chi connectivity index (χ2n) is 8.09. The Balaban J connectivity index is 1.88. The van der Waals surface area contributed by atoms with Gasteiger partial charge in [-0.1, -0.05) is 41.1 Å². The summed E-state index contributed by atoms with van der Waals surface area (Å²) >= 11 is 7.31. The molecule has 0 radical (unpaired) electrons. The number of halogens is 1. The summed E-state index contributed by atoms with van der Waals surface area (Å²) < 4.78 is 18.1. The first-order valence-electron chi connectivity index (χ1n) is 11.6. The zero-order chi connectivity index (χ0) is 26.7. The van der Waals surface area contributed by atoms with Gasteiger partial charge in [-0.25, -0.2) is 9.79 Å². The molecule has 0 aliphatic carbocycles. The summed E-state index contributed by atoms with van der Waals surface area (Å²) in [6.07, 6.45) is 1.71. The number of allylic oxidation sites excluding steroid dienone is 1. The Morgan fingerprint density at radius 3 is 2.49 bits per heavy atom. The van der Waals surface area contributed by atoms with Crippen LogP contribution in [0.1, 0.15) is 44.9 Å². The number of hydrogen-bond acceptors (Lipinski definition) is 8. The van der Waals surface area contributed by atoms with Crippen molar-refractivity contribution in [2.24, 2.45) is 4.99 Å². The first-order chi connectivity index (χ1) is 17.7. The van der Waals surface area contributed by atoms with Crippen molar-refractivity contribution < 1.29 is 23.8 Å². The summed E-state index contributed by atoms with van der Waals surface area (Å²) in [4.78, 5) is 43.1. The van der Waals surface area contributed by atoms with Crippen LogP contribution in [0.3, 0.4) is 0 Å². The molecule has 192 valence electrons. The van der Waals surface area contributed by atoms with Gasteiger partial charge >= 0.3 is 11.9 Å². The second-order valence-corrected chi connectivity index (χ2v) is 9.53. The molecule has 1 atom stereocenters. The van der Waals surface area contributed by atoms with Gasteiger partial charge in [0.2, 0.25) is 0 Å². The van der Waals surface area contributed by atoms with Crippen molar-refractivity contribution in [3.8, 4) is 11.5 Å². The van der Waals surface area contributed by atoms with Crippen LogP contribution in [0.25, 0.3) is 6.08 Å². The second kappa shape index (κ2) is 11.1. The van der Waals surface area contributed by atoms with E-state index in [2.05, 4.69) is 4.99 Å². The van der Waals surface area contributed by atoms with E-state index in [4.69, 9.17) is 25.8 Å². The average Bonchev–Trinajstić information content (AvgIpc) is 3.14. The van der Waals surface area contributed by atoms with Crippen LogP contribution < -0.4 is 24.4 Å². The highest BCUT2D eigenvalue weighted by Gasteiger charge is 2.33. The van der Waals surface area contributed by atoms with Gasteiger partial charge in [0.1, 0.15) is 0 Å². The lowest BCUT2D eigenvalue weighted by atomic mass is 9.96. The minimum atomic E-state index is -0.722. The molecule has 3 aromatic rings. The molecular weight excluding hydrogens is 516 g/mol. The van der Waals surface area contributed by atoms with Crippen LogP contribution in [0.15, 0.2) is 63.5 Å². The van der Waals surface area contributed by atoms with Crippen molar-refractivity contribution in [2.45, 2.75) is 33.7 Å². The highest BCUT2D eigenvalue weighted by atomic mass is 35.5. The molecule has 1 aliphatic heterocycles. The molecule has 0 fully saturated rings. The predicted octanol–water partition coefficient (Wildman–Crippen LogP) is 3.78. The van der Waals surface area contributed by atoms with Gasteiger partial charge in [0, 0.05) is 11.9 Å². The number of rotatable bonds is 7. The van der Waals surface area contributed by atoms with E-state index in [1.165, 1.54) is 22.8 Å².